The summed E-state index contributed by atoms with van der Waals surface area (Å²) in [6.07, 6.45) is 2.30. The summed E-state index contributed by atoms with van der Waals surface area (Å²) in [7, 11) is 0. The smallest absolute Gasteiger partial charge is 0.233 e. The highest BCUT2D eigenvalue weighted by molar-refractivity contribution is 7.81. The van der Waals surface area contributed by atoms with E-state index in [2.05, 4.69) is 27.9 Å². The lowest BCUT2D eigenvalue weighted by molar-refractivity contribution is -0.120. The van der Waals surface area contributed by atoms with Crippen LogP contribution in [0.25, 0.3) is 0 Å². The summed E-state index contributed by atoms with van der Waals surface area (Å²) in [4.78, 5) is 20.2. The van der Waals surface area contributed by atoms with Crippen LogP contribution in [0.2, 0.25) is 0 Å². The van der Waals surface area contributed by atoms with E-state index in [0.29, 0.717) is 18.8 Å². The van der Waals surface area contributed by atoms with E-state index in [4.69, 9.17) is 0 Å². The van der Waals surface area contributed by atoms with Gasteiger partial charge in [-0.3, -0.25) is 4.79 Å². The molecule has 4 nitrogen and oxygen atoms in total. The monoisotopic (exact) mass is 287 g/mol. The summed E-state index contributed by atoms with van der Waals surface area (Å²) < 4.78 is 0. The molecule has 1 amide bonds. The Balaban J connectivity index is 1.85. The molecule has 0 saturated heterocycles. The van der Waals surface area contributed by atoms with Gasteiger partial charge in [-0.25, -0.2) is 9.97 Å². The van der Waals surface area contributed by atoms with Crippen LogP contribution < -0.4 is 5.32 Å². The van der Waals surface area contributed by atoms with E-state index < -0.39 is 0 Å². The molecule has 0 spiro atoms. The van der Waals surface area contributed by atoms with Gasteiger partial charge in [-0.2, -0.15) is 12.6 Å². The molecule has 1 unspecified atom stereocenters. The van der Waals surface area contributed by atoms with Crippen LogP contribution in [0.15, 0.2) is 42.6 Å². The van der Waals surface area contributed by atoms with Gasteiger partial charge in [0, 0.05) is 6.20 Å². The average Bonchev–Trinajstić information content (AvgIpc) is 2.46. The minimum Gasteiger partial charge on any atom is -0.349 e. The maximum atomic E-state index is 12.0. The lowest BCUT2D eigenvalue weighted by Gasteiger charge is -2.11. The number of nitrogens with zero attached hydrogens (tertiary/aromatic N) is 2. The molecule has 1 N–H and O–H groups in total. The summed E-state index contributed by atoms with van der Waals surface area (Å²) >= 11 is 4.36. The number of carbonyl (C=O) groups excluding carboxylic acids is 1. The van der Waals surface area contributed by atoms with Crippen molar-refractivity contribution in [2.75, 3.05) is 0 Å². The second-order valence-corrected chi connectivity index (χ2v) is 5.14. The van der Waals surface area contributed by atoms with E-state index in [1.54, 1.807) is 12.3 Å². The quantitative estimate of drug-likeness (QED) is 0.826. The SMILES string of the molecule is Cc1nccc(CNC(=O)C(S)Cc2ccccc2)n1. The summed E-state index contributed by atoms with van der Waals surface area (Å²) in [5.74, 6) is 0.608. The summed E-state index contributed by atoms with van der Waals surface area (Å²) in [5, 5.41) is 2.48. The zero-order chi connectivity index (χ0) is 14.4. The van der Waals surface area contributed by atoms with Gasteiger partial charge in [-0.15, -0.1) is 0 Å². The first-order valence-electron chi connectivity index (χ1n) is 6.43. The number of benzene rings is 1. The predicted molar refractivity (Wildman–Crippen MR) is 81.5 cm³/mol. The van der Waals surface area contributed by atoms with Gasteiger partial charge < -0.3 is 5.32 Å². The average molecular weight is 287 g/mol. The normalized spacial score (nSPS) is 11.9. The van der Waals surface area contributed by atoms with Crippen LogP contribution in [0.3, 0.4) is 0 Å². The first kappa shape index (κ1) is 14.5. The Morgan fingerprint density at radius 2 is 2.05 bits per heavy atom. The lowest BCUT2D eigenvalue weighted by atomic mass is 10.1. The van der Waals surface area contributed by atoms with Crippen molar-refractivity contribution in [3.8, 4) is 0 Å². The first-order valence-corrected chi connectivity index (χ1v) is 6.95. The highest BCUT2D eigenvalue weighted by Crippen LogP contribution is 2.08. The molecule has 1 aromatic heterocycles. The molecule has 1 atom stereocenters. The van der Waals surface area contributed by atoms with Crippen LogP contribution in [-0.2, 0) is 17.8 Å². The summed E-state index contributed by atoms with van der Waals surface area (Å²) in [5.41, 5.74) is 1.90. The van der Waals surface area contributed by atoms with Gasteiger partial charge in [0.25, 0.3) is 0 Å². The molecule has 0 aliphatic rings. The van der Waals surface area contributed by atoms with Crippen molar-refractivity contribution in [2.24, 2.45) is 0 Å². The second-order valence-electron chi connectivity index (χ2n) is 4.52. The van der Waals surface area contributed by atoms with Crippen molar-refractivity contribution in [2.45, 2.75) is 25.1 Å². The van der Waals surface area contributed by atoms with E-state index in [1.165, 1.54) is 0 Å². The highest BCUT2D eigenvalue weighted by Gasteiger charge is 2.14. The third-order valence-corrected chi connectivity index (χ3v) is 3.27. The van der Waals surface area contributed by atoms with Crippen LogP contribution in [0, 0.1) is 6.92 Å². The fourth-order valence-electron chi connectivity index (χ4n) is 1.83. The molecular weight excluding hydrogens is 270 g/mol. The molecule has 0 bridgehead atoms. The Labute approximate surface area is 124 Å². The van der Waals surface area contributed by atoms with Crippen LogP contribution in [0.5, 0.6) is 0 Å². The van der Waals surface area contributed by atoms with Crippen molar-refractivity contribution in [3.63, 3.8) is 0 Å². The van der Waals surface area contributed by atoms with Crippen LogP contribution in [-0.4, -0.2) is 21.1 Å². The maximum absolute atomic E-state index is 12.0. The molecule has 2 aromatic rings. The van der Waals surface area contributed by atoms with Crippen LogP contribution in [0.1, 0.15) is 17.1 Å². The number of hydrogen-bond acceptors (Lipinski definition) is 4. The molecule has 5 heteroatoms. The molecule has 2 rings (SSSR count). The Hall–Kier alpha value is -1.88. The van der Waals surface area contributed by atoms with Crippen molar-refractivity contribution in [3.05, 3.63) is 59.7 Å². The van der Waals surface area contributed by atoms with Gasteiger partial charge in [0.2, 0.25) is 5.91 Å². The Bertz CT molecular complexity index is 574. The van der Waals surface area contributed by atoms with E-state index in [0.717, 1.165) is 11.3 Å². The maximum Gasteiger partial charge on any atom is 0.233 e. The molecule has 0 radical (unpaired) electrons. The third-order valence-electron chi connectivity index (χ3n) is 2.85. The number of aromatic nitrogens is 2. The summed E-state index contributed by atoms with van der Waals surface area (Å²) in [6.45, 7) is 2.22. The minimum absolute atomic E-state index is 0.0894. The van der Waals surface area contributed by atoms with Gasteiger partial charge >= 0.3 is 0 Å². The lowest BCUT2D eigenvalue weighted by Crippen LogP contribution is -2.32. The molecule has 0 aliphatic heterocycles. The Morgan fingerprint density at radius 3 is 2.75 bits per heavy atom. The van der Waals surface area contributed by atoms with Crippen molar-refractivity contribution < 1.29 is 4.79 Å². The number of aryl methyl sites for hydroxylation is 1. The standard InChI is InChI=1S/C15H17N3OS/c1-11-16-8-7-13(18-11)10-17-15(19)14(20)9-12-5-3-2-4-6-12/h2-8,14,20H,9-10H2,1H3,(H,17,19). The van der Waals surface area contributed by atoms with Gasteiger partial charge in [0.15, 0.2) is 0 Å². The Morgan fingerprint density at radius 1 is 1.30 bits per heavy atom. The molecule has 0 fully saturated rings. The summed E-state index contributed by atoms with van der Waals surface area (Å²) in [6, 6.07) is 11.6. The zero-order valence-corrected chi connectivity index (χ0v) is 12.2. The van der Waals surface area contributed by atoms with E-state index in [9.17, 15) is 4.79 Å². The predicted octanol–water partition coefficient (Wildman–Crippen LogP) is 1.94. The second kappa shape index (κ2) is 7.05. The third kappa shape index (κ3) is 4.35. The largest absolute Gasteiger partial charge is 0.349 e. The number of thiol groups is 1. The molecule has 0 saturated carbocycles. The molecule has 20 heavy (non-hydrogen) atoms. The van der Waals surface area contributed by atoms with Crippen molar-refractivity contribution in [1.82, 2.24) is 15.3 Å². The highest BCUT2D eigenvalue weighted by atomic mass is 32.1. The fourth-order valence-corrected chi connectivity index (χ4v) is 2.13. The minimum atomic E-state index is -0.361. The molecular formula is C15H17N3OS. The molecule has 104 valence electrons. The van der Waals surface area contributed by atoms with Crippen LogP contribution >= 0.6 is 12.6 Å². The van der Waals surface area contributed by atoms with Crippen molar-refractivity contribution in [1.29, 1.82) is 0 Å². The van der Waals surface area contributed by atoms with E-state index >= 15 is 0 Å². The molecule has 1 aromatic carbocycles. The number of nitrogens with one attached hydrogen (secondary N) is 1. The van der Waals surface area contributed by atoms with Gasteiger partial charge in [-0.05, 0) is 25.0 Å². The number of amides is 1. The zero-order valence-electron chi connectivity index (χ0n) is 11.3. The number of carbonyl (C=O) groups is 1. The Kier molecular flexibility index (Phi) is 5.12. The first-order chi connectivity index (χ1) is 9.65. The van der Waals surface area contributed by atoms with Crippen molar-refractivity contribution >= 4 is 18.5 Å². The van der Waals surface area contributed by atoms with Crippen LogP contribution in [0.4, 0.5) is 0 Å². The van der Waals surface area contributed by atoms with Gasteiger partial charge in [-0.1, -0.05) is 30.3 Å². The van der Waals surface area contributed by atoms with E-state index in [-0.39, 0.29) is 11.2 Å². The van der Waals surface area contributed by atoms with Gasteiger partial charge in [0.1, 0.15) is 5.82 Å². The van der Waals surface area contributed by atoms with E-state index in [1.807, 2.05) is 37.3 Å². The van der Waals surface area contributed by atoms with Gasteiger partial charge in [0.05, 0.1) is 17.5 Å². The topological polar surface area (TPSA) is 54.9 Å². The molecule has 1 heterocycles. The number of rotatable bonds is 5. The fraction of sp³-hybridized carbons (Fsp3) is 0.267. The number of hydrogen-bond donors (Lipinski definition) is 2. The molecule has 0 aliphatic carbocycles.